The van der Waals surface area contributed by atoms with Crippen LogP contribution in [0.3, 0.4) is 0 Å². The van der Waals surface area contributed by atoms with Crippen LogP contribution in [0.5, 0.6) is 0 Å². The van der Waals surface area contributed by atoms with Crippen molar-refractivity contribution >= 4 is 15.9 Å². The molecule has 0 amide bonds. The summed E-state index contributed by atoms with van der Waals surface area (Å²) in [6, 6.07) is 1.94. The third-order valence-electron chi connectivity index (χ3n) is 3.21. The van der Waals surface area contributed by atoms with Gasteiger partial charge in [-0.25, -0.2) is 0 Å². The maximum atomic E-state index is 5.34. The molecule has 3 heteroatoms. The minimum absolute atomic E-state index is 0.832. The second kappa shape index (κ2) is 5.17. The quantitative estimate of drug-likeness (QED) is 0.906. The Hall–Kier alpha value is -0.280. The van der Waals surface area contributed by atoms with Crippen molar-refractivity contribution < 1.29 is 4.42 Å². The van der Waals surface area contributed by atoms with Crippen molar-refractivity contribution in [2.75, 3.05) is 6.54 Å². The number of halogens is 1. The molecule has 1 aromatic heterocycles. The average Bonchev–Trinajstić information content (AvgIpc) is 2.77. The van der Waals surface area contributed by atoms with Crippen LogP contribution in [0.15, 0.2) is 21.2 Å². The zero-order valence-electron chi connectivity index (χ0n) is 9.13. The van der Waals surface area contributed by atoms with Crippen LogP contribution in [-0.4, -0.2) is 6.54 Å². The summed E-state index contributed by atoms with van der Waals surface area (Å²) in [6.45, 7) is 4.30. The van der Waals surface area contributed by atoms with E-state index in [1.807, 2.05) is 6.07 Å². The topological polar surface area (TPSA) is 25.2 Å². The molecule has 2 rings (SSSR count). The molecule has 1 aliphatic rings. The molecule has 84 valence electrons. The van der Waals surface area contributed by atoms with Crippen molar-refractivity contribution in [3.63, 3.8) is 0 Å². The number of nitrogens with one attached hydrogen (secondary N) is 1. The van der Waals surface area contributed by atoms with Gasteiger partial charge in [0, 0.05) is 0 Å². The summed E-state index contributed by atoms with van der Waals surface area (Å²) < 4.78 is 6.41. The fourth-order valence-electron chi connectivity index (χ4n) is 2.35. The summed E-state index contributed by atoms with van der Waals surface area (Å²) >= 11 is 3.46. The lowest BCUT2D eigenvalue weighted by molar-refractivity contribution is 0.434. The Balaban J connectivity index is 1.69. The highest BCUT2D eigenvalue weighted by Crippen LogP contribution is 2.29. The van der Waals surface area contributed by atoms with Crippen LogP contribution in [0.2, 0.25) is 0 Å². The Kier molecular flexibility index (Phi) is 3.87. The van der Waals surface area contributed by atoms with E-state index in [-0.39, 0.29) is 0 Å². The second-order valence-electron chi connectivity index (χ2n) is 4.61. The first kappa shape index (κ1) is 11.2. The molecule has 1 heterocycles. The van der Waals surface area contributed by atoms with Crippen LogP contribution >= 0.6 is 15.9 Å². The van der Waals surface area contributed by atoms with E-state index in [9.17, 15) is 0 Å². The van der Waals surface area contributed by atoms with E-state index < -0.39 is 0 Å². The highest BCUT2D eigenvalue weighted by Gasteiger charge is 2.20. The second-order valence-corrected chi connectivity index (χ2v) is 5.46. The van der Waals surface area contributed by atoms with Crippen molar-refractivity contribution in [3.05, 3.63) is 22.6 Å². The molecule has 0 radical (unpaired) electrons. The standard InChI is InChI=1S/C12H18BrNO/c1-9-2-3-10(6-9)7-14-8-12-11(13)4-5-15-12/h4-5,9-10,14H,2-3,6-8H2,1H3. The first-order chi connectivity index (χ1) is 7.25. The SMILES string of the molecule is CC1CCC(CNCc2occc2Br)C1. The highest BCUT2D eigenvalue weighted by molar-refractivity contribution is 9.10. The molecule has 2 unspecified atom stereocenters. The predicted molar refractivity (Wildman–Crippen MR) is 64.6 cm³/mol. The minimum atomic E-state index is 0.832. The molecule has 1 fully saturated rings. The molecule has 0 aromatic carbocycles. The maximum absolute atomic E-state index is 5.34. The van der Waals surface area contributed by atoms with Gasteiger partial charge in [0.25, 0.3) is 0 Å². The minimum Gasteiger partial charge on any atom is -0.467 e. The Morgan fingerprint density at radius 3 is 3.00 bits per heavy atom. The van der Waals surface area contributed by atoms with Gasteiger partial charge in [-0.05, 0) is 53.2 Å². The third-order valence-corrected chi connectivity index (χ3v) is 3.92. The predicted octanol–water partition coefficient (Wildman–Crippen LogP) is 3.57. The average molecular weight is 272 g/mol. The van der Waals surface area contributed by atoms with Crippen molar-refractivity contribution in [1.29, 1.82) is 0 Å². The molecule has 0 spiro atoms. The third kappa shape index (κ3) is 3.08. The van der Waals surface area contributed by atoms with Gasteiger partial charge in [-0.3, -0.25) is 0 Å². The summed E-state index contributed by atoms with van der Waals surface area (Å²) in [5, 5.41) is 3.47. The Bertz CT molecular complexity index is 310. The van der Waals surface area contributed by atoms with E-state index in [1.165, 1.54) is 19.3 Å². The molecule has 1 aromatic rings. The molecule has 1 saturated carbocycles. The molecule has 1 N–H and O–H groups in total. The monoisotopic (exact) mass is 271 g/mol. The van der Waals surface area contributed by atoms with Crippen molar-refractivity contribution in [2.45, 2.75) is 32.7 Å². The molecule has 15 heavy (non-hydrogen) atoms. The van der Waals surface area contributed by atoms with Gasteiger partial charge >= 0.3 is 0 Å². The van der Waals surface area contributed by atoms with Crippen LogP contribution in [0.1, 0.15) is 31.9 Å². The van der Waals surface area contributed by atoms with Gasteiger partial charge in [0.15, 0.2) is 0 Å². The lowest BCUT2D eigenvalue weighted by atomic mass is 10.1. The summed E-state index contributed by atoms with van der Waals surface area (Å²) in [7, 11) is 0. The zero-order valence-corrected chi connectivity index (χ0v) is 10.7. The van der Waals surface area contributed by atoms with E-state index >= 15 is 0 Å². The van der Waals surface area contributed by atoms with Crippen molar-refractivity contribution in [1.82, 2.24) is 5.32 Å². The Morgan fingerprint density at radius 2 is 2.40 bits per heavy atom. The van der Waals surface area contributed by atoms with Gasteiger partial charge in [-0.15, -0.1) is 0 Å². The number of rotatable bonds is 4. The van der Waals surface area contributed by atoms with Crippen LogP contribution in [0.4, 0.5) is 0 Å². The molecule has 0 bridgehead atoms. The number of hydrogen-bond donors (Lipinski definition) is 1. The smallest absolute Gasteiger partial charge is 0.131 e. The highest BCUT2D eigenvalue weighted by atomic mass is 79.9. The summed E-state index contributed by atoms with van der Waals surface area (Å²) in [5.41, 5.74) is 0. The van der Waals surface area contributed by atoms with E-state index in [4.69, 9.17) is 4.42 Å². The first-order valence-electron chi connectivity index (χ1n) is 5.68. The lowest BCUT2D eigenvalue weighted by Crippen LogP contribution is -2.20. The van der Waals surface area contributed by atoms with E-state index in [0.717, 1.165) is 35.2 Å². The molecular formula is C12H18BrNO. The van der Waals surface area contributed by atoms with Crippen LogP contribution in [0, 0.1) is 11.8 Å². The lowest BCUT2D eigenvalue weighted by Gasteiger charge is -2.10. The van der Waals surface area contributed by atoms with E-state index in [2.05, 4.69) is 28.2 Å². The molecule has 2 atom stereocenters. The maximum Gasteiger partial charge on any atom is 0.131 e. The Labute approximate surface area is 99.6 Å². The van der Waals surface area contributed by atoms with Crippen molar-refractivity contribution in [2.24, 2.45) is 11.8 Å². The normalized spacial score (nSPS) is 26.0. The number of furan rings is 1. The van der Waals surface area contributed by atoms with Crippen LogP contribution in [-0.2, 0) is 6.54 Å². The molecule has 1 aliphatic carbocycles. The van der Waals surface area contributed by atoms with Gasteiger partial charge in [0.2, 0.25) is 0 Å². The van der Waals surface area contributed by atoms with Gasteiger partial charge < -0.3 is 9.73 Å². The van der Waals surface area contributed by atoms with Crippen LogP contribution < -0.4 is 5.32 Å². The van der Waals surface area contributed by atoms with E-state index in [0.29, 0.717) is 0 Å². The van der Waals surface area contributed by atoms with Gasteiger partial charge in [0.05, 0.1) is 17.3 Å². The van der Waals surface area contributed by atoms with E-state index in [1.54, 1.807) is 6.26 Å². The number of hydrogen-bond acceptors (Lipinski definition) is 2. The molecule has 0 aliphatic heterocycles. The fourth-order valence-corrected chi connectivity index (χ4v) is 2.69. The molecular weight excluding hydrogens is 254 g/mol. The summed E-state index contributed by atoms with van der Waals surface area (Å²) in [4.78, 5) is 0. The molecule has 0 saturated heterocycles. The Morgan fingerprint density at radius 1 is 1.53 bits per heavy atom. The van der Waals surface area contributed by atoms with Gasteiger partial charge in [-0.1, -0.05) is 13.3 Å². The zero-order chi connectivity index (χ0) is 10.7. The van der Waals surface area contributed by atoms with Crippen LogP contribution in [0.25, 0.3) is 0 Å². The first-order valence-corrected chi connectivity index (χ1v) is 6.47. The summed E-state index contributed by atoms with van der Waals surface area (Å²) in [5.74, 6) is 2.79. The largest absolute Gasteiger partial charge is 0.467 e. The molecule has 2 nitrogen and oxygen atoms in total. The van der Waals surface area contributed by atoms with Gasteiger partial charge in [0.1, 0.15) is 5.76 Å². The fraction of sp³-hybridized carbons (Fsp3) is 0.667. The van der Waals surface area contributed by atoms with Crippen molar-refractivity contribution in [3.8, 4) is 0 Å². The summed E-state index contributed by atoms with van der Waals surface area (Å²) in [6.07, 6.45) is 5.88. The van der Waals surface area contributed by atoms with Gasteiger partial charge in [-0.2, -0.15) is 0 Å².